The lowest BCUT2D eigenvalue weighted by Gasteiger charge is -2.21. The zero-order valence-electron chi connectivity index (χ0n) is 14.1. The van der Waals surface area contributed by atoms with Gasteiger partial charge in [-0.1, -0.05) is 25.1 Å². The number of carbonyl (C=O) groups excluding carboxylic acids is 1. The number of aromatic amines is 1. The van der Waals surface area contributed by atoms with E-state index in [9.17, 15) is 4.79 Å². The minimum absolute atomic E-state index is 0.0519. The Morgan fingerprint density at radius 2 is 2.36 bits per heavy atom. The first-order valence-electron chi connectivity index (χ1n) is 8.37. The summed E-state index contributed by atoms with van der Waals surface area (Å²) in [6.45, 7) is 4.72. The summed E-state index contributed by atoms with van der Waals surface area (Å²) in [6, 6.07) is 3.77. The monoisotopic (exact) mass is 357 g/mol. The van der Waals surface area contributed by atoms with E-state index in [1.165, 1.54) is 0 Å². The van der Waals surface area contributed by atoms with E-state index in [0.29, 0.717) is 23.8 Å². The van der Waals surface area contributed by atoms with Crippen molar-refractivity contribution in [3.8, 4) is 10.6 Å². The van der Waals surface area contributed by atoms with Crippen LogP contribution in [0.3, 0.4) is 0 Å². The van der Waals surface area contributed by atoms with Gasteiger partial charge in [0.1, 0.15) is 6.04 Å². The molecule has 0 aromatic carbocycles. The van der Waals surface area contributed by atoms with Gasteiger partial charge in [0.05, 0.1) is 22.3 Å². The summed E-state index contributed by atoms with van der Waals surface area (Å²) >= 11 is 1.58. The maximum Gasteiger partial charge on any atom is 0.258 e. The Hall–Kier alpha value is -2.48. The van der Waals surface area contributed by atoms with Crippen molar-refractivity contribution < 1.29 is 9.32 Å². The summed E-state index contributed by atoms with van der Waals surface area (Å²) in [5, 5.41) is 13.0. The number of likely N-dealkylation sites (tertiary alicyclic amines) is 1. The summed E-state index contributed by atoms with van der Waals surface area (Å²) in [7, 11) is 0. The molecule has 4 heterocycles. The number of hydrogen-bond acceptors (Lipinski definition) is 6. The topological polar surface area (TPSA) is 87.9 Å². The molecule has 25 heavy (non-hydrogen) atoms. The predicted octanol–water partition coefficient (Wildman–Crippen LogP) is 3.62. The van der Waals surface area contributed by atoms with Crippen molar-refractivity contribution in [3.63, 3.8) is 0 Å². The minimum atomic E-state index is -0.168. The van der Waals surface area contributed by atoms with Crippen LogP contribution in [0.15, 0.2) is 28.2 Å². The quantitative estimate of drug-likeness (QED) is 0.770. The maximum absolute atomic E-state index is 13.1. The standard InChI is InChI=1S/C17H19N5O2S/c1-10(2)15-19-16(24-21-15)12-5-3-7-22(12)17(23)11-9-18-20-14(11)13-6-4-8-25-13/h4,6,8-10,12H,3,5,7H2,1-2H3,(H,18,20)/t12-/m0/s1. The van der Waals surface area contributed by atoms with Crippen LogP contribution in [0.2, 0.25) is 0 Å². The molecule has 130 valence electrons. The second-order valence-corrected chi connectivity index (χ2v) is 7.39. The highest BCUT2D eigenvalue weighted by atomic mass is 32.1. The Kier molecular flexibility index (Phi) is 4.12. The number of carbonyl (C=O) groups is 1. The highest BCUT2D eigenvalue weighted by Gasteiger charge is 2.36. The SMILES string of the molecule is CC(C)c1noc([C@@H]2CCCN2C(=O)c2cn[nH]c2-c2cccs2)n1. The molecule has 3 aromatic heterocycles. The van der Waals surface area contributed by atoms with Gasteiger partial charge in [0.15, 0.2) is 5.82 Å². The van der Waals surface area contributed by atoms with Crippen molar-refractivity contribution in [2.45, 2.75) is 38.6 Å². The molecule has 0 spiro atoms. The van der Waals surface area contributed by atoms with E-state index in [4.69, 9.17) is 4.52 Å². The number of rotatable bonds is 4. The first-order valence-corrected chi connectivity index (χ1v) is 9.25. The van der Waals surface area contributed by atoms with Gasteiger partial charge in [-0.25, -0.2) is 0 Å². The van der Waals surface area contributed by atoms with Crippen LogP contribution in [0.1, 0.15) is 60.7 Å². The van der Waals surface area contributed by atoms with Crippen LogP contribution in [0.5, 0.6) is 0 Å². The molecular formula is C17H19N5O2S. The molecule has 1 saturated heterocycles. The predicted molar refractivity (Wildman–Crippen MR) is 93.3 cm³/mol. The second-order valence-electron chi connectivity index (χ2n) is 6.44. The van der Waals surface area contributed by atoms with Gasteiger partial charge < -0.3 is 9.42 Å². The lowest BCUT2D eigenvalue weighted by molar-refractivity contribution is 0.0711. The van der Waals surface area contributed by atoms with E-state index >= 15 is 0 Å². The van der Waals surface area contributed by atoms with Crippen LogP contribution in [0.4, 0.5) is 0 Å². The summed E-state index contributed by atoms with van der Waals surface area (Å²) < 4.78 is 5.43. The number of H-pyrrole nitrogens is 1. The van der Waals surface area contributed by atoms with Gasteiger partial charge >= 0.3 is 0 Å². The van der Waals surface area contributed by atoms with Crippen molar-refractivity contribution in [1.82, 2.24) is 25.2 Å². The molecule has 7 nitrogen and oxygen atoms in total. The van der Waals surface area contributed by atoms with Crippen molar-refractivity contribution in [1.29, 1.82) is 0 Å². The summed E-state index contributed by atoms with van der Waals surface area (Å²) in [5.41, 5.74) is 1.34. The molecule has 4 rings (SSSR count). The van der Waals surface area contributed by atoms with E-state index in [-0.39, 0.29) is 17.9 Å². The van der Waals surface area contributed by atoms with Gasteiger partial charge in [0.2, 0.25) is 5.89 Å². The average molecular weight is 357 g/mol. The van der Waals surface area contributed by atoms with Crippen LogP contribution in [0, 0.1) is 0 Å². The number of thiophene rings is 1. The number of hydrogen-bond donors (Lipinski definition) is 1. The third-order valence-electron chi connectivity index (χ3n) is 4.41. The number of nitrogens with zero attached hydrogens (tertiary/aromatic N) is 4. The van der Waals surface area contributed by atoms with Gasteiger partial charge in [0.25, 0.3) is 5.91 Å². The van der Waals surface area contributed by atoms with Gasteiger partial charge in [-0.2, -0.15) is 10.1 Å². The molecule has 1 atom stereocenters. The number of aromatic nitrogens is 4. The second kappa shape index (κ2) is 6.44. The fraction of sp³-hybridized carbons (Fsp3) is 0.412. The normalized spacial score (nSPS) is 17.6. The highest BCUT2D eigenvalue weighted by molar-refractivity contribution is 7.13. The molecule has 8 heteroatoms. The largest absolute Gasteiger partial charge is 0.337 e. The molecule has 3 aromatic rings. The molecular weight excluding hydrogens is 338 g/mol. The molecule has 0 saturated carbocycles. The van der Waals surface area contributed by atoms with E-state index < -0.39 is 0 Å². The highest BCUT2D eigenvalue weighted by Crippen LogP contribution is 2.34. The summed E-state index contributed by atoms with van der Waals surface area (Å²) in [4.78, 5) is 20.4. The van der Waals surface area contributed by atoms with Crippen molar-refractivity contribution in [3.05, 3.63) is 41.0 Å². The van der Waals surface area contributed by atoms with Gasteiger partial charge in [-0.05, 0) is 24.3 Å². The van der Waals surface area contributed by atoms with E-state index in [1.807, 2.05) is 36.3 Å². The molecule has 1 fully saturated rings. The molecule has 0 bridgehead atoms. The number of amides is 1. The molecule has 1 amide bonds. The Morgan fingerprint density at radius 1 is 1.48 bits per heavy atom. The summed E-state index contributed by atoms with van der Waals surface area (Å²) in [6.07, 6.45) is 3.35. The zero-order valence-corrected chi connectivity index (χ0v) is 14.9. The van der Waals surface area contributed by atoms with Crippen molar-refractivity contribution in [2.75, 3.05) is 6.54 Å². The van der Waals surface area contributed by atoms with Crippen molar-refractivity contribution >= 4 is 17.2 Å². The Balaban J connectivity index is 1.62. The molecule has 0 radical (unpaired) electrons. The molecule has 1 N–H and O–H groups in total. The Labute approximate surface area is 149 Å². The smallest absolute Gasteiger partial charge is 0.258 e. The summed E-state index contributed by atoms with van der Waals surface area (Å²) in [5.74, 6) is 1.35. The van der Waals surface area contributed by atoms with Gasteiger partial charge in [0, 0.05) is 12.5 Å². The number of nitrogens with one attached hydrogen (secondary N) is 1. The first kappa shape index (κ1) is 16.0. The Morgan fingerprint density at radius 3 is 3.08 bits per heavy atom. The van der Waals surface area contributed by atoms with E-state index in [0.717, 1.165) is 23.4 Å². The van der Waals surface area contributed by atoms with Crippen LogP contribution in [-0.2, 0) is 0 Å². The Bertz CT molecular complexity index is 867. The lowest BCUT2D eigenvalue weighted by Crippen LogP contribution is -2.30. The third kappa shape index (κ3) is 2.86. The fourth-order valence-corrected chi connectivity index (χ4v) is 3.83. The van der Waals surface area contributed by atoms with Gasteiger partial charge in [-0.15, -0.1) is 11.3 Å². The molecule has 0 unspecified atom stereocenters. The van der Waals surface area contributed by atoms with E-state index in [2.05, 4.69) is 20.3 Å². The van der Waals surface area contributed by atoms with Gasteiger partial charge in [-0.3, -0.25) is 9.89 Å². The zero-order chi connectivity index (χ0) is 17.4. The van der Waals surface area contributed by atoms with E-state index in [1.54, 1.807) is 17.5 Å². The molecule has 1 aliphatic rings. The fourth-order valence-electron chi connectivity index (χ4n) is 3.10. The average Bonchev–Trinajstić information content (AvgIpc) is 3.41. The first-order chi connectivity index (χ1) is 12.1. The third-order valence-corrected chi connectivity index (χ3v) is 5.30. The molecule has 0 aliphatic carbocycles. The maximum atomic E-state index is 13.1. The van der Waals surface area contributed by atoms with Crippen molar-refractivity contribution in [2.24, 2.45) is 0 Å². The van der Waals surface area contributed by atoms with Crippen LogP contribution < -0.4 is 0 Å². The minimum Gasteiger partial charge on any atom is -0.337 e. The van der Waals surface area contributed by atoms with Crippen LogP contribution in [0.25, 0.3) is 10.6 Å². The van der Waals surface area contributed by atoms with Crippen LogP contribution >= 0.6 is 11.3 Å². The molecule has 1 aliphatic heterocycles. The van der Waals surface area contributed by atoms with Crippen LogP contribution in [-0.4, -0.2) is 37.7 Å². The lowest BCUT2D eigenvalue weighted by atomic mass is 10.1.